The first-order valence-electron chi connectivity index (χ1n) is 15.4. The number of rotatable bonds is 3. The Balaban J connectivity index is 1.35. The van der Waals surface area contributed by atoms with E-state index in [4.69, 9.17) is 0 Å². The van der Waals surface area contributed by atoms with E-state index >= 15 is 0 Å². The van der Waals surface area contributed by atoms with E-state index in [2.05, 4.69) is 167 Å². The Morgan fingerprint density at radius 2 is 0.956 bits per heavy atom. The third-order valence-corrected chi connectivity index (χ3v) is 10.5. The first-order chi connectivity index (χ1) is 22.3. The lowest BCUT2D eigenvalue weighted by Gasteiger charge is -2.11. The van der Waals surface area contributed by atoms with Crippen molar-refractivity contribution in [3.63, 3.8) is 0 Å². The number of fused-ring (bicyclic) bond motifs is 10. The Bertz CT molecular complexity index is 2740. The molecule has 0 amide bonds. The molecule has 0 N–H and O–H groups in total. The van der Waals surface area contributed by atoms with Crippen molar-refractivity contribution in [2.75, 3.05) is 0 Å². The zero-order valence-corrected chi connectivity index (χ0v) is 25.1. The molecule has 0 bridgehead atoms. The molecule has 0 radical (unpaired) electrons. The lowest BCUT2D eigenvalue weighted by Crippen LogP contribution is -1.94. The van der Waals surface area contributed by atoms with Gasteiger partial charge in [-0.3, -0.25) is 0 Å². The van der Waals surface area contributed by atoms with Crippen molar-refractivity contribution in [2.45, 2.75) is 0 Å². The minimum Gasteiger partial charge on any atom is -0.309 e. The Hall–Kier alpha value is -5.64. The summed E-state index contributed by atoms with van der Waals surface area (Å²) in [6, 6.07) is 57.5. The Morgan fingerprint density at radius 3 is 1.69 bits per heavy atom. The highest BCUT2D eigenvalue weighted by Crippen LogP contribution is 2.48. The van der Waals surface area contributed by atoms with Crippen LogP contribution in [0.3, 0.4) is 0 Å². The van der Waals surface area contributed by atoms with Gasteiger partial charge >= 0.3 is 0 Å². The van der Waals surface area contributed by atoms with Gasteiger partial charge in [0.15, 0.2) is 0 Å². The quantitative estimate of drug-likeness (QED) is 0.194. The zero-order chi connectivity index (χ0) is 29.5. The molecule has 0 aliphatic rings. The van der Waals surface area contributed by atoms with E-state index in [1.165, 1.54) is 86.3 Å². The van der Waals surface area contributed by atoms with E-state index in [1.807, 2.05) is 11.3 Å². The second-order valence-electron chi connectivity index (χ2n) is 11.7. The average molecular weight is 591 g/mol. The van der Waals surface area contributed by atoms with E-state index in [0.717, 1.165) is 0 Å². The molecule has 3 heterocycles. The number of thiophene rings is 1. The molecule has 2 nitrogen and oxygen atoms in total. The van der Waals surface area contributed by atoms with E-state index in [0.29, 0.717) is 0 Å². The van der Waals surface area contributed by atoms with Gasteiger partial charge in [0.1, 0.15) is 0 Å². The third kappa shape index (κ3) is 3.50. The van der Waals surface area contributed by atoms with Gasteiger partial charge in [0, 0.05) is 48.4 Å². The summed E-state index contributed by atoms with van der Waals surface area (Å²) in [4.78, 5) is 0. The summed E-state index contributed by atoms with van der Waals surface area (Å²) in [6.07, 6.45) is 0. The van der Waals surface area contributed by atoms with Crippen molar-refractivity contribution in [1.29, 1.82) is 0 Å². The van der Waals surface area contributed by atoms with Gasteiger partial charge in [-0.05, 0) is 71.8 Å². The third-order valence-electron chi connectivity index (χ3n) is 9.29. The minimum atomic E-state index is 1.18. The second kappa shape index (κ2) is 9.43. The highest BCUT2D eigenvalue weighted by atomic mass is 32.1. The normalized spacial score (nSPS) is 12.0. The van der Waals surface area contributed by atoms with Crippen molar-refractivity contribution < 1.29 is 0 Å². The number of para-hydroxylation sites is 4. The van der Waals surface area contributed by atoms with Crippen molar-refractivity contribution in [2.24, 2.45) is 0 Å². The zero-order valence-electron chi connectivity index (χ0n) is 24.3. The SMILES string of the molecule is c1ccc(-n2c3ccccc3c3cc(-c4cc5c6ccccc6n(-c6ccccc6)c5c5sc6ccccc6c45)ccc32)cc1. The van der Waals surface area contributed by atoms with E-state index in [1.54, 1.807) is 0 Å². The number of hydrogen-bond acceptors (Lipinski definition) is 1. The van der Waals surface area contributed by atoms with E-state index in [9.17, 15) is 0 Å². The summed E-state index contributed by atoms with van der Waals surface area (Å²) in [5.74, 6) is 0. The molecule has 7 aromatic carbocycles. The highest BCUT2D eigenvalue weighted by Gasteiger charge is 2.22. The molecule has 10 aromatic rings. The monoisotopic (exact) mass is 590 g/mol. The van der Waals surface area contributed by atoms with Gasteiger partial charge in [-0.1, -0.05) is 97.1 Å². The van der Waals surface area contributed by atoms with Crippen LogP contribution in [0.5, 0.6) is 0 Å². The summed E-state index contributed by atoms with van der Waals surface area (Å²) in [5, 5.41) is 7.74. The van der Waals surface area contributed by atoms with Gasteiger partial charge in [-0.15, -0.1) is 11.3 Å². The minimum absolute atomic E-state index is 1.18. The molecule has 0 saturated heterocycles. The van der Waals surface area contributed by atoms with Gasteiger partial charge in [-0.2, -0.15) is 0 Å². The molecule has 3 aromatic heterocycles. The maximum atomic E-state index is 2.46. The Labute approximate surface area is 263 Å². The van der Waals surface area contributed by atoms with Crippen LogP contribution >= 0.6 is 11.3 Å². The topological polar surface area (TPSA) is 9.86 Å². The van der Waals surface area contributed by atoms with Crippen LogP contribution in [0, 0.1) is 0 Å². The van der Waals surface area contributed by atoms with Crippen LogP contribution in [-0.2, 0) is 0 Å². The summed E-state index contributed by atoms with van der Waals surface area (Å²) >= 11 is 1.91. The molecule has 0 aliphatic heterocycles. The fourth-order valence-corrected chi connectivity index (χ4v) is 8.67. The first kappa shape index (κ1) is 24.8. The number of hydrogen-bond donors (Lipinski definition) is 0. The maximum absolute atomic E-state index is 2.46. The van der Waals surface area contributed by atoms with E-state index < -0.39 is 0 Å². The molecular weight excluding hydrogens is 565 g/mol. The molecule has 0 aliphatic carbocycles. The van der Waals surface area contributed by atoms with Crippen LogP contribution < -0.4 is 0 Å². The fourth-order valence-electron chi connectivity index (χ4n) is 7.40. The summed E-state index contributed by atoms with van der Waals surface area (Å²) in [7, 11) is 0. The summed E-state index contributed by atoms with van der Waals surface area (Å²) in [5.41, 5.74) is 9.85. The van der Waals surface area contributed by atoms with Crippen molar-refractivity contribution in [1.82, 2.24) is 9.13 Å². The lowest BCUT2D eigenvalue weighted by molar-refractivity contribution is 1.18. The molecule has 3 heteroatoms. The maximum Gasteiger partial charge on any atom is 0.0720 e. The van der Waals surface area contributed by atoms with Gasteiger partial charge in [0.2, 0.25) is 0 Å². The van der Waals surface area contributed by atoms with Crippen LogP contribution in [0.25, 0.3) is 86.3 Å². The second-order valence-corrected chi connectivity index (χ2v) is 12.8. The van der Waals surface area contributed by atoms with Crippen molar-refractivity contribution in [3.05, 3.63) is 158 Å². The average Bonchev–Trinajstić information content (AvgIpc) is 3.76. The molecule has 10 rings (SSSR count). The molecule has 0 spiro atoms. The lowest BCUT2D eigenvalue weighted by atomic mass is 9.95. The van der Waals surface area contributed by atoms with Crippen molar-refractivity contribution in [3.8, 4) is 22.5 Å². The number of nitrogens with zero attached hydrogens (tertiary/aromatic N) is 2. The molecule has 0 fully saturated rings. The smallest absolute Gasteiger partial charge is 0.0720 e. The van der Waals surface area contributed by atoms with Crippen LogP contribution in [0.2, 0.25) is 0 Å². The summed E-state index contributed by atoms with van der Waals surface area (Å²) in [6.45, 7) is 0. The molecule has 45 heavy (non-hydrogen) atoms. The van der Waals surface area contributed by atoms with Crippen molar-refractivity contribution >= 4 is 75.1 Å². The number of benzene rings is 7. The molecule has 0 saturated carbocycles. The fraction of sp³-hybridized carbons (Fsp3) is 0. The molecule has 0 atom stereocenters. The Morgan fingerprint density at radius 1 is 0.400 bits per heavy atom. The van der Waals surface area contributed by atoms with Gasteiger partial charge < -0.3 is 9.13 Å². The molecular formula is C42H26N2S. The Kier molecular flexibility index (Phi) is 5.19. The van der Waals surface area contributed by atoms with Crippen LogP contribution in [0.15, 0.2) is 158 Å². The predicted octanol–water partition coefficient (Wildman–Crippen LogP) is 11.9. The van der Waals surface area contributed by atoms with Crippen LogP contribution in [0.1, 0.15) is 0 Å². The highest BCUT2D eigenvalue weighted by molar-refractivity contribution is 7.26. The van der Waals surface area contributed by atoms with E-state index in [-0.39, 0.29) is 0 Å². The largest absolute Gasteiger partial charge is 0.309 e. The predicted molar refractivity (Wildman–Crippen MR) is 193 cm³/mol. The van der Waals surface area contributed by atoms with Gasteiger partial charge in [0.05, 0.1) is 26.8 Å². The molecule has 0 unspecified atom stereocenters. The standard InChI is InChI=1S/C42H26N2S/c1-3-13-28(14-4-1)43-36-20-10-7-17-30(36)34-25-27(23-24-38(34)43)33-26-35-31-18-8-11-21-37(31)44(29-15-5-2-6-16-29)41(35)42-40(33)32-19-9-12-22-39(32)45-42/h1-26H. The first-order valence-corrected chi connectivity index (χ1v) is 16.2. The van der Waals surface area contributed by atoms with Crippen LogP contribution in [-0.4, -0.2) is 9.13 Å². The molecule has 210 valence electrons. The van der Waals surface area contributed by atoms with Gasteiger partial charge in [-0.25, -0.2) is 0 Å². The number of aromatic nitrogens is 2. The van der Waals surface area contributed by atoms with Gasteiger partial charge in [0.25, 0.3) is 0 Å². The van der Waals surface area contributed by atoms with Crippen LogP contribution in [0.4, 0.5) is 0 Å². The summed E-state index contributed by atoms with van der Waals surface area (Å²) < 4.78 is 7.49.